The third kappa shape index (κ3) is 2.14. The van der Waals surface area contributed by atoms with Gasteiger partial charge in [-0.2, -0.15) is 0 Å². The van der Waals surface area contributed by atoms with Gasteiger partial charge in [-0.05, 0) is 41.7 Å². The minimum Gasteiger partial charge on any atom is -0.492 e. The summed E-state index contributed by atoms with van der Waals surface area (Å²) in [6.45, 7) is 0.640. The van der Waals surface area contributed by atoms with E-state index in [1.54, 1.807) is 6.07 Å². The lowest BCUT2D eigenvalue weighted by atomic mass is 9.93. The second-order valence-corrected chi connectivity index (χ2v) is 6.21. The number of hydrogen-bond acceptors (Lipinski definition) is 2. The Hall–Kier alpha value is -1.80. The molecule has 3 heteroatoms. The van der Waals surface area contributed by atoms with Crippen LogP contribution in [0.3, 0.4) is 0 Å². The van der Waals surface area contributed by atoms with E-state index < -0.39 is 0 Å². The Labute approximate surface area is 128 Å². The molecule has 2 aromatic rings. The van der Waals surface area contributed by atoms with Crippen molar-refractivity contribution in [1.82, 2.24) is 0 Å². The molecule has 0 atom stereocenters. The van der Waals surface area contributed by atoms with Crippen molar-refractivity contribution in [3.63, 3.8) is 0 Å². The lowest BCUT2D eigenvalue weighted by Gasteiger charge is -2.12. The van der Waals surface area contributed by atoms with Gasteiger partial charge in [0.1, 0.15) is 5.75 Å². The molecule has 106 valence electrons. The van der Waals surface area contributed by atoms with Gasteiger partial charge in [0.05, 0.1) is 12.2 Å². The zero-order valence-electron chi connectivity index (χ0n) is 11.6. The second-order valence-electron chi connectivity index (χ2n) is 5.78. The molecule has 21 heavy (non-hydrogen) atoms. The number of fused-ring (bicyclic) bond motifs is 2. The van der Waals surface area contributed by atoms with E-state index >= 15 is 0 Å². The molecule has 0 saturated carbocycles. The molecule has 1 aliphatic carbocycles. The molecular weight excluding hydrogens is 284 g/mol. The number of ketones is 1. The van der Waals surface area contributed by atoms with Crippen molar-refractivity contribution in [3.05, 3.63) is 63.7 Å². The van der Waals surface area contributed by atoms with Gasteiger partial charge >= 0.3 is 0 Å². The van der Waals surface area contributed by atoms with E-state index in [4.69, 9.17) is 16.3 Å². The van der Waals surface area contributed by atoms with E-state index in [-0.39, 0.29) is 11.7 Å². The largest absolute Gasteiger partial charge is 0.492 e. The maximum Gasteiger partial charge on any atom is 0.170 e. The van der Waals surface area contributed by atoms with Crippen molar-refractivity contribution in [2.24, 2.45) is 5.92 Å². The van der Waals surface area contributed by atoms with Crippen LogP contribution in [0.4, 0.5) is 0 Å². The number of halogens is 1. The van der Waals surface area contributed by atoms with E-state index in [2.05, 4.69) is 12.1 Å². The van der Waals surface area contributed by atoms with Crippen LogP contribution in [0.25, 0.3) is 0 Å². The summed E-state index contributed by atoms with van der Waals surface area (Å²) in [6, 6.07) is 12.0. The molecule has 0 radical (unpaired) electrons. The average Bonchev–Trinajstić information content (AvgIpc) is 3.11. The smallest absolute Gasteiger partial charge is 0.170 e. The maximum absolute atomic E-state index is 12.9. The van der Waals surface area contributed by atoms with Gasteiger partial charge in [0, 0.05) is 17.4 Å². The Morgan fingerprint density at radius 3 is 2.52 bits per heavy atom. The van der Waals surface area contributed by atoms with Gasteiger partial charge in [-0.1, -0.05) is 35.9 Å². The second kappa shape index (κ2) is 4.88. The highest BCUT2D eigenvalue weighted by molar-refractivity contribution is 6.31. The third-order valence-corrected chi connectivity index (χ3v) is 4.65. The molecule has 2 aliphatic rings. The van der Waals surface area contributed by atoms with Gasteiger partial charge in [-0.25, -0.2) is 0 Å². The number of carbonyl (C=O) groups excluding carboxylic acids is 1. The molecule has 2 nitrogen and oxygen atoms in total. The molecule has 0 amide bonds. The highest BCUT2D eigenvalue weighted by Crippen LogP contribution is 2.37. The normalized spacial score (nSPS) is 16.4. The molecule has 4 rings (SSSR count). The van der Waals surface area contributed by atoms with Crippen LogP contribution >= 0.6 is 11.6 Å². The average molecular weight is 299 g/mol. The molecule has 0 saturated heterocycles. The van der Waals surface area contributed by atoms with E-state index in [0.717, 1.165) is 30.6 Å². The topological polar surface area (TPSA) is 26.3 Å². The molecular formula is C18H15ClO2. The predicted octanol–water partition coefficient (Wildman–Crippen LogP) is 3.87. The van der Waals surface area contributed by atoms with Crippen LogP contribution in [0.1, 0.15) is 27.0 Å². The lowest BCUT2D eigenvalue weighted by molar-refractivity contribution is 0.0921. The van der Waals surface area contributed by atoms with Crippen molar-refractivity contribution in [2.75, 3.05) is 6.61 Å². The summed E-state index contributed by atoms with van der Waals surface area (Å²) in [7, 11) is 0. The predicted molar refractivity (Wildman–Crippen MR) is 82.3 cm³/mol. The number of hydrogen-bond donors (Lipinski definition) is 0. The Morgan fingerprint density at radius 1 is 1.10 bits per heavy atom. The minimum atomic E-state index is 0.00849. The van der Waals surface area contributed by atoms with Gasteiger partial charge < -0.3 is 4.74 Å². The van der Waals surface area contributed by atoms with Crippen LogP contribution in [0.2, 0.25) is 5.02 Å². The van der Waals surface area contributed by atoms with Crippen molar-refractivity contribution in [2.45, 2.75) is 19.3 Å². The number of rotatable bonds is 2. The molecule has 0 unspecified atom stereocenters. The summed E-state index contributed by atoms with van der Waals surface area (Å²) in [5, 5.41) is 0.623. The first-order valence-electron chi connectivity index (χ1n) is 7.28. The summed E-state index contributed by atoms with van der Waals surface area (Å²) < 4.78 is 5.66. The summed E-state index contributed by atoms with van der Waals surface area (Å²) in [5.41, 5.74) is 4.29. The molecule has 2 aromatic carbocycles. The van der Waals surface area contributed by atoms with Crippen LogP contribution in [-0.2, 0) is 19.3 Å². The molecule has 1 aliphatic heterocycles. The van der Waals surface area contributed by atoms with E-state index in [0.29, 0.717) is 17.2 Å². The van der Waals surface area contributed by atoms with E-state index in [1.807, 2.05) is 18.2 Å². The fourth-order valence-corrected chi connectivity index (χ4v) is 3.66. The van der Waals surface area contributed by atoms with Gasteiger partial charge in [0.2, 0.25) is 0 Å². The fraction of sp³-hybridized carbons (Fsp3) is 0.278. The number of benzene rings is 2. The van der Waals surface area contributed by atoms with Crippen LogP contribution in [0.5, 0.6) is 5.75 Å². The van der Waals surface area contributed by atoms with Gasteiger partial charge in [-0.15, -0.1) is 0 Å². The summed E-state index contributed by atoms with van der Waals surface area (Å²) in [6.07, 6.45) is 2.47. The lowest BCUT2D eigenvalue weighted by Crippen LogP contribution is -2.16. The van der Waals surface area contributed by atoms with Crippen molar-refractivity contribution in [1.29, 1.82) is 0 Å². The first-order chi connectivity index (χ1) is 10.2. The van der Waals surface area contributed by atoms with Crippen molar-refractivity contribution in [3.8, 4) is 5.75 Å². The Balaban J connectivity index is 1.68. The first-order valence-corrected chi connectivity index (χ1v) is 7.66. The number of Topliss-reactive ketones (excluding diaryl/α,β-unsaturated/α-hetero) is 1. The number of carbonyl (C=O) groups is 1. The highest BCUT2D eigenvalue weighted by Gasteiger charge is 2.31. The minimum absolute atomic E-state index is 0.00849. The standard InChI is InChI=1S/C18H15ClO2/c19-15-9-13-5-6-21-18(13)16(10-15)17(20)14-7-11-3-1-2-4-12(11)8-14/h1-4,9-10,14H,5-8H2. The fourth-order valence-electron chi connectivity index (χ4n) is 3.42. The zero-order chi connectivity index (χ0) is 14.4. The monoisotopic (exact) mass is 298 g/mol. The molecule has 0 bridgehead atoms. The Morgan fingerprint density at radius 2 is 1.81 bits per heavy atom. The molecule has 0 fully saturated rings. The SMILES string of the molecule is O=C(c1cc(Cl)cc2c1OCC2)C1Cc2ccccc2C1. The number of ether oxygens (including phenoxy) is 1. The summed E-state index contributed by atoms with van der Waals surface area (Å²) >= 11 is 6.16. The van der Waals surface area contributed by atoms with Crippen LogP contribution < -0.4 is 4.74 Å². The van der Waals surface area contributed by atoms with Crippen LogP contribution in [0.15, 0.2) is 36.4 Å². The molecule has 0 N–H and O–H groups in total. The van der Waals surface area contributed by atoms with E-state index in [1.165, 1.54) is 11.1 Å². The van der Waals surface area contributed by atoms with Crippen molar-refractivity contribution < 1.29 is 9.53 Å². The zero-order valence-corrected chi connectivity index (χ0v) is 12.3. The highest BCUT2D eigenvalue weighted by atomic mass is 35.5. The Kier molecular flexibility index (Phi) is 3.00. The van der Waals surface area contributed by atoms with E-state index in [9.17, 15) is 4.79 Å². The maximum atomic E-state index is 12.9. The van der Waals surface area contributed by atoms with Crippen LogP contribution in [-0.4, -0.2) is 12.4 Å². The summed E-state index contributed by atoms with van der Waals surface area (Å²) in [5.74, 6) is 0.918. The quantitative estimate of drug-likeness (QED) is 0.787. The summed E-state index contributed by atoms with van der Waals surface area (Å²) in [4.78, 5) is 12.9. The van der Waals surface area contributed by atoms with Gasteiger partial charge in [-0.3, -0.25) is 4.79 Å². The first kappa shape index (κ1) is 12.9. The third-order valence-electron chi connectivity index (χ3n) is 4.44. The van der Waals surface area contributed by atoms with Crippen molar-refractivity contribution >= 4 is 17.4 Å². The Bertz CT molecular complexity index is 711. The van der Waals surface area contributed by atoms with Gasteiger partial charge in [0.25, 0.3) is 0 Å². The van der Waals surface area contributed by atoms with Gasteiger partial charge in [0.15, 0.2) is 5.78 Å². The molecule has 1 heterocycles. The molecule has 0 spiro atoms. The molecule has 0 aromatic heterocycles. The van der Waals surface area contributed by atoms with Crippen LogP contribution in [0, 0.1) is 5.92 Å².